The van der Waals surface area contributed by atoms with Crippen LogP contribution in [0.15, 0.2) is 30.5 Å². The van der Waals surface area contributed by atoms with Gasteiger partial charge in [0.25, 0.3) is 0 Å². The molecule has 0 saturated carbocycles. The second-order valence-corrected chi connectivity index (χ2v) is 4.10. The van der Waals surface area contributed by atoms with Crippen LogP contribution in [0.3, 0.4) is 0 Å². The first kappa shape index (κ1) is 10.1. The lowest BCUT2D eigenvalue weighted by Gasteiger charge is -2.13. The number of nitrogens with one attached hydrogen (secondary N) is 1. The number of rotatable bonds is 1. The normalized spacial score (nSPS) is 14.1. The molecule has 0 aliphatic carbocycles. The Kier molecular flexibility index (Phi) is 2.39. The first-order valence-electron chi connectivity index (χ1n) is 5.64. The maximum absolute atomic E-state index is 8.75. The SMILES string of the molecule is N#Cc1ccc(-c2cn3c(n2)CNCC3)cc1. The lowest BCUT2D eigenvalue weighted by atomic mass is 10.1. The summed E-state index contributed by atoms with van der Waals surface area (Å²) in [5, 5.41) is 12.1. The van der Waals surface area contributed by atoms with Crippen molar-refractivity contribution in [1.29, 1.82) is 5.26 Å². The molecule has 0 radical (unpaired) electrons. The van der Waals surface area contributed by atoms with E-state index in [1.165, 1.54) is 0 Å². The first-order valence-corrected chi connectivity index (χ1v) is 5.64. The highest BCUT2D eigenvalue weighted by molar-refractivity contribution is 5.59. The van der Waals surface area contributed by atoms with Crippen molar-refractivity contribution in [2.45, 2.75) is 13.1 Å². The molecule has 1 aliphatic rings. The van der Waals surface area contributed by atoms with Crippen LogP contribution in [0.4, 0.5) is 0 Å². The minimum atomic E-state index is 0.680. The second-order valence-electron chi connectivity index (χ2n) is 4.10. The van der Waals surface area contributed by atoms with E-state index in [-0.39, 0.29) is 0 Å². The Bertz CT molecular complexity index is 551. The van der Waals surface area contributed by atoms with Crippen molar-refractivity contribution in [1.82, 2.24) is 14.9 Å². The molecule has 0 atom stereocenters. The monoisotopic (exact) mass is 224 g/mol. The fraction of sp³-hybridized carbons (Fsp3) is 0.231. The summed E-state index contributed by atoms with van der Waals surface area (Å²) in [6.45, 7) is 2.80. The standard InChI is InChI=1S/C13H12N4/c14-7-10-1-3-11(4-2-10)12-9-17-6-5-15-8-13(17)16-12/h1-4,9,15H,5-6,8H2. The predicted octanol–water partition coefficient (Wildman–Crippen LogP) is 1.52. The van der Waals surface area contributed by atoms with Gasteiger partial charge in [-0.15, -0.1) is 0 Å². The third-order valence-corrected chi connectivity index (χ3v) is 2.98. The van der Waals surface area contributed by atoms with Crippen molar-refractivity contribution >= 4 is 0 Å². The van der Waals surface area contributed by atoms with Gasteiger partial charge in [-0.25, -0.2) is 4.98 Å². The summed E-state index contributed by atoms with van der Waals surface area (Å²) in [4.78, 5) is 4.59. The van der Waals surface area contributed by atoms with Crippen LogP contribution in [0, 0.1) is 11.3 Å². The lowest BCUT2D eigenvalue weighted by Crippen LogP contribution is -2.27. The molecule has 0 spiro atoms. The third kappa shape index (κ3) is 1.81. The Balaban J connectivity index is 1.98. The quantitative estimate of drug-likeness (QED) is 0.799. The van der Waals surface area contributed by atoms with Gasteiger partial charge in [-0.2, -0.15) is 5.26 Å². The van der Waals surface area contributed by atoms with Gasteiger partial charge in [0.15, 0.2) is 0 Å². The average molecular weight is 224 g/mol. The number of imidazole rings is 1. The first-order chi connectivity index (χ1) is 8.36. The number of nitriles is 1. The molecule has 84 valence electrons. The minimum Gasteiger partial charge on any atom is -0.332 e. The number of nitrogens with zero attached hydrogens (tertiary/aromatic N) is 3. The molecular weight excluding hydrogens is 212 g/mol. The van der Waals surface area contributed by atoms with Crippen molar-refractivity contribution in [3.05, 3.63) is 41.9 Å². The average Bonchev–Trinajstić information content (AvgIpc) is 2.82. The van der Waals surface area contributed by atoms with Crippen LogP contribution >= 0.6 is 0 Å². The summed E-state index contributed by atoms with van der Waals surface area (Å²) in [6.07, 6.45) is 2.08. The molecule has 2 aromatic rings. The highest BCUT2D eigenvalue weighted by Gasteiger charge is 2.12. The van der Waals surface area contributed by atoms with Gasteiger partial charge < -0.3 is 9.88 Å². The summed E-state index contributed by atoms with van der Waals surface area (Å²) in [5.74, 6) is 1.08. The summed E-state index contributed by atoms with van der Waals surface area (Å²) < 4.78 is 2.18. The zero-order valence-electron chi connectivity index (χ0n) is 9.35. The number of benzene rings is 1. The van der Waals surface area contributed by atoms with E-state index in [0.29, 0.717) is 5.56 Å². The molecule has 17 heavy (non-hydrogen) atoms. The van der Waals surface area contributed by atoms with E-state index >= 15 is 0 Å². The molecule has 1 aliphatic heterocycles. The van der Waals surface area contributed by atoms with Crippen molar-refractivity contribution in [2.24, 2.45) is 0 Å². The summed E-state index contributed by atoms with van der Waals surface area (Å²) in [5.41, 5.74) is 2.72. The Hall–Kier alpha value is -2.12. The summed E-state index contributed by atoms with van der Waals surface area (Å²) in [7, 11) is 0. The molecule has 0 amide bonds. The van der Waals surface area contributed by atoms with Gasteiger partial charge in [0, 0.05) is 24.8 Å². The molecule has 0 unspecified atom stereocenters. The van der Waals surface area contributed by atoms with E-state index in [1.807, 2.05) is 24.3 Å². The summed E-state index contributed by atoms with van der Waals surface area (Å²) >= 11 is 0. The molecule has 2 heterocycles. The molecule has 1 aromatic carbocycles. The molecule has 4 nitrogen and oxygen atoms in total. The van der Waals surface area contributed by atoms with Crippen molar-refractivity contribution in [2.75, 3.05) is 6.54 Å². The van der Waals surface area contributed by atoms with E-state index in [1.54, 1.807) is 0 Å². The van der Waals surface area contributed by atoms with Crippen LogP contribution in [-0.2, 0) is 13.1 Å². The van der Waals surface area contributed by atoms with Crippen LogP contribution < -0.4 is 5.32 Å². The molecule has 1 aromatic heterocycles. The maximum atomic E-state index is 8.75. The van der Waals surface area contributed by atoms with Gasteiger partial charge in [0.1, 0.15) is 5.82 Å². The molecule has 1 N–H and O–H groups in total. The van der Waals surface area contributed by atoms with E-state index in [0.717, 1.165) is 36.7 Å². The van der Waals surface area contributed by atoms with Gasteiger partial charge >= 0.3 is 0 Å². The fourth-order valence-electron chi connectivity index (χ4n) is 2.04. The van der Waals surface area contributed by atoms with Gasteiger partial charge in [0.2, 0.25) is 0 Å². The minimum absolute atomic E-state index is 0.680. The fourth-order valence-corrected chi connectivity index (χ4v) is 2.04. The number of hydrogen-bond acceptors (Lipinski definition) is 3. The van der Waals surface area contributed by atoms with Crippen LogP contribution in [0.2, 0.25) is 0 Å². The Morgan fingerprint density at radius 3 is 2.82 bits per heavy atom. The van der Waals surface area contributed by atoms with Gasteiger partial charge in [0.05, 0.1) is 23.9 Å². The number of aromatic nitrogens is 2. The Morgan fingerprint density at radius 1 is 1.29 bits per heavy atom. The molecular formula is C13H12N4. The van der Waals surface area contributed by atoms with E-state index in [9.17, 15) is 0 Å². The largest absolute Gasteiger partial charge is 0.332 e. The maximum Gasteiger partial charge on any atom is 0.123 e. The zero-order chi connectivity index (χ0) is 11.7. The third-order valence-electron chi connectivity index (χ3n) is 2.98. The van der Waals surface area contributed by atoms with Gasteiger partial charge in [-0.1, -0.05) is 12.1 Å². The van der Waals surface area contributed by atoms with Gasteiger partial charge in [-0.3, -0.25) is 0 Å². The topological polar surface area (TPSA) is 53.6 Å². The Morgan fingerprint density at radius 2 is 2.12 bits per heavy atom. The molecule has 0 fully saturated rings. The Labute approximate surface area is 99.5 Å². The van der Waals surface area contributed by atoms with E-state index in [2.05, 4.69) is 27.1 Å². The molecule has 0 saturated heterocycles. The highest BCUT2D eigenvalue weighted by atomic mass is 15.1. The lowest BCUT2D eigenvalue weighted by molar-refractivity contribution is 0.505. The van der Waals surface area contributed by atoms with Crippen molar-refractivity contribution < 1.29 is 0 Å². The number of fused-ring (bicyclic) bond motifs is 1. The molecule has 3 rings (SSSR count). The predicted molar refractivity (Wildman–Crippen MR) is 64.1 cm³/mol. The highest BCUT2D eigenvalue weighted by Crippen LogP contribution is 2.20. The van der Waals surface area contributed by atoms with Crippen LogP contribution in [-0.4, -0.2) is 16.1 Å². The second kappa shape index (κ2) is 4.04. The molecule has 0 bridgehead atoms. The number of hydrogen-bond donors (Lipinski definition) is 1. The van der Waals surface area contributed by atoms with Crippen molar-refractivity contribution in [3.63, 3.8) is 0 Å². The van der Waals surface area contributed by atoms with E-state index < -0.39 is 0 Å². The van der Waals surface area contributed by atoms with Gasteiger partial charge in [-0.05, 0) is 12.1 Å². The van der Waals surface area contributed by atoms with E-state index in [4.69, 9.17) is 5.26 Å². The van der Waals surface area contributed by atoms with Crippen LogP contribution in [0.5, 0.6) is 0 Å². The smallest absolute Gasteiger partial charge is 0.123 e. The molecule has 4 heteroatoms. The van der Waals surface area contributed by atoms with Crippen molar-refractivity contribution in [3.8, 4) is 17.3 Å². The van der Waals surface area contributed by atoms with Crippen LogP contribution in [0.25, 0.3) is 11.3 Å². The summed E-state index contributed by atoms with van der Waals surface area (Å²) in [6, 6.07) is 9.66. The van der Waals surface area contributed by atoms with Crippen LogP contribution in [0.1, 0.15) is 11.4 Å². The zero-order valence-corrected chi connectivity index (χ0v) is 9.35.